The number of nitrogens with zero attached hydrogens (tertiary/aromatic N) is 1. The van der Waals surface area contributed by atoms with Crippen LogP contribution in [0.5, 0.6) is 0 Å². The van der Waals surface area contributed by atoms with Crippen molar-refractivity contribution in [2.45, 2.75) is 61.2 Å². The van der Waals surface area contributed by atoms with E-state index in [1.165, 1.54) is 22.3 Å². The number of hydrogen-bond donors (Lipinski definition) is 2. The highest BCUT2D eigenvalue weighted by Gasteiger charge is 2.27. The number of anilines is 1. The van der Waals surface area contributed by atoms with Gasteiger partial charge in [0.25, 0.3) is 0 Å². The highest BCUT2D eigenvalue weighted by molar-refractivity contribution is 7.91. The Balaban J connectivity index is 1.24. The third-order valence-electron chi connectivity index (χ3n) is 6.01. The molecular weight excluding hydrogens is 453 g/mol. The van der Waals surface area contributed by atoms with Crippen LogP contribution >= 0.6 is 22.7 Å². The van der Waals surface area contributed by atoms with Gasteiger partial charge in [-0.2, -0.15) is 0 Å². The molecule has 2 aliphatic carbocycles. The third-order valence-corrected chi connectivity index (χ3v) is 9.98. The van der Waals surface area contributed by atoms with E-state index < -0.39 is 10.0 Å². The molecule has 0 saturated heterocycles. The van der Waals surface area contributed by atoms with Gasteiger partial charge >= 0.3 is 0 Å². The van der Waals surface area contributed by atoms with Crippen LogP contribution in [-0.4, -0.2) is 25.5 Å². The maximum Gasteiger partial charge on any atom is 0.250 e. The minimum Gasteiger partial charge on any atom is -0.359 e. The summed E-state index contributed by atoms with van der Waals surface area (Å²) in [6.45, 7) is 0. The number of hydrogen-bond acceptors (Lipinski definition) is 6. The minimum atomic E-state index is -3.42. The second kappa shape index (κ2) is 8.61. The topological polar surface area (TPSA) is 71.1 Å². The summed E-state index contributed by atoms with van der Waals surface area (Å²) in [5.74, 6) is -0.225. The first-order valence-corrected chi connectivity index (χ1v) is 13.8. The van der Waals surface area contributed by atoms with Gasteiger partial charge in [-0.15, -0.1) is 22.7 Å². The quantitative estimate of drug-likeness (QED) is 0.530. The first-order valence-electron chi connectivity index (χ1n) is 10.6. The molecule has 5 rings (SSSR count). The van der Waals surface area contributed by atoms with E-state index in [4.69, 9.17) is 4.98 Å². The van der Waals surface area contributed by atoms with Gasteiger partial charge in [0, 0.05) is 22.5 Å². The molecule has 0 bridgehead atoms. The van der Waals surface area contributed by atoms with E-state index in [1.807, 2.05) is 6.07 Å². The lowest BCUT2D eigenvalue weighted by Crippen LogP contribution is -2.39. The van der Waals surface area contributed by atoms with Crippen LogP contribution in [0.1, 0.15) is 42.5 Å². The SMILES string of the molecule is O=S(=O)(N[C@H]1CC[C@H](Nc2nc3c(s2)CCCc2ccc(F)cc2-3)CC1)c1cccs1. The standard InChI is InChI=1S/C22H24FN3O2S3/c23-15-7-6-14-3-1-4-19-21(18(14)13-15)25-22(30-19)24-16-8-10-17(11-9-16)26-31(27,28)20-5-2-12-29-20/h2,5-7,12-13,16-17,26H,1,3-4,8-11H2,(H,24,25)/t16-,17-. The zero-order chi connectivity index (χ0) is 21.4. The van der Waals surface area contributed by atoms with Crippen molar-refractivity contribution in [3.8, 4) is 11.3 Å². The van der Waals surface area contributed by atoms with Crippen LogP contribution in [-0.2, 0) is 22.9 Å². The average Bonchev–Trinajstić information content (AvgIpc) is 3.39. The van der Waals surface area contributed by atoms with Crippen molar-refractivity contribution in [3.63, 3.8) is 0 Å². The van der Waals surface area contributed by atoms with E-state index in [1.54, 1.807) is 34.9 Å². The molecule has 0 unspecified atom stereocenters. The molecule has 5 nitrogen and oxygen atoms in total. The van der Waals surface area contributed by atoms with Gasteiger partial charge in [-0.05, 0) is 74.1 Å². The Morgan fingerprint density at radius 1 is 1.06 bits per heavy atom. The second-order valence-electron chi connectivity index (χ2n) is 8.19. The largest absolute Gasteiger partial charge is 0.359 e. The Kier molecular flexibility index (Phi) is 5.85. The van der Waals surface area contributed by atoms with Gasteiger partial charge in [0.15, 0.2) is 5.13 Å². The smallest absolute Gasteiger partial charge is 0.250 e. The normalized spacial score (nSPS) is 21.2. The predicted octanol–water partition coefficient (Wildman–Crippen LogP) is 5.20. The fourth-order valence-electron chi connectivity index (χ4n) is 4.44. The van der Waals surface area contributed by atoms with Gasteiger partial charge in [0.05, 0.1) is 5.69 Å². The van der Waals surface area contributed by atoms with E-state index in [-0.39, 0.29) is 17.9 Å². The number of aromatic nitrogens is 1. The molecule has 0 spiro atoms. The van der Waals surface area contributed by atoms with Crippen molar-refractivity contribution in [3.05, 3.63) is 52.0 Å². The third kappa shape index (κ3) is 4.55. The number of fused-ring (bicyclic) bond motifs is 3. The first-order chi connectivity index (χ1) is 15.0. The van der Waals surface area contributed by atoms with Crippen LogP contribution in [0.3, 0.4) is 0 Å². The van der Waals surface area contributed by atoms with Crippen molar-refractivity contribution in [2.75, 3.05) is 5.32 Å². The van der Waals surface area contributed by atoms with E-state index in [0.29, 0.717) is 4.21 Å². The fraction of sp³-hybridized carbons (Fsp3) is 0.409. The van der Waals surface area contributed by atoms with Crippen molar-refractivity contribution < 1.29 is 12.8 Å². The lowest BCUT2D eigenvalue weighted by Gasteiger charge is -2.29. The van der Waals surface area contributed by atoms with Crippen molar-refractivity contribution in [2.24, 2.45) is 0 Å². The number of rotatable bonds is 5. The maximum atomic E-state index is 13.9. The van der Waals surface area contributed by atoms with Crippen LogP contribution in [0, 0.1) is 5.82 Å². The maximum absolute atomic E-state index is 13.9. The second-order valence-corrected chi connectivity index (χ2v) is 12.2. The van der Waals surface area contributed by atoms with Crippen LogP contribution in [0.15, 0.2) is 39.9 Å². The number of aryl methyl sites for hydroxylation is 2. The molecule has 2 heterocycles. The summed E-state index contributed by atoms with van der Waals surface area (Å²) >= 11 is 2.90. The highest BCUT2D eigenvalue weighted by atomic mass is 32.2. The zero-order valence-electron chi connectivity index (χ0n) is 16.9. The number of thiophene rings is 1. The molecule has 164 valence electrons. The molecule has 2 N–H and O–H groups in total. The fourth-order valence-corrected chi connectivity index (χ4v) is 7.85. The molecule has 9 heteroatoms. The first kappa shape index (κ1) is 21.1. The summed E-state index contributed by atoms with van der Waals surface area (Å²) in [5.41, 5.74) is 3.00. The van der Waals surface area contributed by atoms with E-state index in [9.17, 15) is 12.8 Å². The minimum absolute atomic E-state index is 0.0342. The van der Waals surface area contributed by atoms with Gasteiger partial charge in [-0.25, -0.2) is 22.5 Å². The summed E-state index contributed by atoms with van der Waals surface area (Å²) in [6, 6.07) is 8.63. The molecule has 1 aromatic carbocycles. The van der Waals surface area contributed by atoms with Gasteiger partial charge in [-0.3, -0.25) is 0 Å². The van der Waals surface area contributed by atoms with Crippen molar-refractivity contribution in [1.82, 2.24) is 9.71 Å². The lowest BCUT2D eigenvalue weighted by atomic mass is 9.92. The molecule has 1 fully saturated rings. The molecule has 1 saturated carbocycles. The van der Waals surface area contributed by atoms with Crippen molar-refractivity contribution in [1.29, 1.82) is 0 Å². The molecule has 31 heavy (non-hydrogen) atoms. The Morgan fingerprint density at radius 2 is 1.87 bits per heavy atom. The van der Waals surface area contributed by atoms with Crippen LogP contribution < -0.4 is 10.0 Å². The van der Waals surface area contributed by atoms with E-state index >= 15 is 0 Å². The zero-order valence-corrected chi connectivity index (χ0v) is 19.4. The molecule has 0 atom stereocenters. The number of thiazole rings is 1. The van der Waals surface area contributed by atoms with Crippen molar-refractivity contribution >= 4 is 37.8 Å². The predicted molar refractivity (Wildman–Crippen MR) is 124 cm³/mol. The molecule has 0 aliphatic heterocycles. The molecule has 2 aromatic heterocycles. The number of benzene rings is 1. The Hall–Kier alpha value is -1.81. The van der Waals surface area contributed by atoms with Crippen LogP contribution in [0.4, 0.5) is 9.52 Å². The molecule has 2 aliphatic rings. The van der Waals surface area contributed by atoms with Gasteiger partial charge < -0.3 is 5.32 Å². The number of nitrogens with one attached hydrogen (secondary N) is 2. The van der Waals surface area contributed by atoms with Gasteiger partial charge in [0.2, 0.25) is 10.0 Å². The Labute approximate surface area is 189 Å². The summed E-state index contributed by atoms with van der Waals surface area (Å²) < 4.78 is 42.0. The molecule has 0 radical (unpaired) electrons. The number of sulfonamides is 1. The summed E-state index contributed by atoms with van der Waals surface area (Å²) in [6.07, 6.45) is 6.31. The van der Waals surface area contributed by atoms with Gasteiger partial charge in [0.1, 0.15) is 10.0 Å². The van der Waals surface area contributed by atoms with Gasteiger partial charge in [-0.1, -0.05) is 12.1 Å². The van der Waals surface area contributed by atoms with Crippen LogP contribution in [0.25, 0.3) is 11.3 Å². The Bertz CT molecular complexity index is 1170. The highest BCUT2D eigenvalue weighted by Crippen LogP contribution is 2.38. The Morgan fingerprint density at radius 3 is 2.65 bits per heavy atom. The molecule has 0 amide bonds. The molecule has 3 aromatic rings. The van der Waals surface area contributed by atoms with E-state index in [0.717, 1.165) is 66.9 Å². The van der Waals surface area contributed by atoms with Crippen LogP contribution in [0.2, 0.25) is 0 Å². The van der Waals surface area contributed by atoms with E-state index in [2.05, 4.69) is 10.0 Å². The summed E-state index contributed by atoms with van der Waals surface area (Å²) in [7, 11) is -3.42. The number of halogens is 1. The summed E-state index contributed by atoms with van der Waals surface area (Å²) in [5, 5.41) is 6.21. The lowest BCUT2D eigenvalue weighted by molar-refractivity contribution is 0.387. The average molecular weight is 478 g/mol. The summed E-state index contributed by atoms with van der Waals surface area (Å²) in [4.78, 5) is 6.04. The monoisotopic (exact) mass is 477 g/mol. The molecular formula is C22H24FN3O2S3.